The Balaban J connectivity index is 2.53. The Bertz CT molecular complexity index is 297. The SMILES string of the molecule is CCC=NOCc1ccccc1OC. The molecule has 0 aliphatic heterocycles. The molecule has 0 aliphatic carbocycles. The molecule has 0 unspecified atom stereocenters. The van der Waals surface area contributed by atoms with Gasteiger partial charge in [0.1, 0.15) is 12.4 Å². The molecule has 0 bridgehead atoms. The van der Waals surface area contributed by atoms with Crippen molar-refractivity contribution in [3.8, 4) is 5.75 Å². The Kier molecular flexibility index (Phi) is 4.55. The Morgan fingerprint density at radius 2 is 2.14 bits per heavy atom. The molecule has 0 heterocycles. The van der Waals surface area contributed by atoms with Crippen LogP contribution in [0, 0.1) is 0 Å². The van der Waals surface area contributed by atoms with Gasteiger partial charge >= 0.3 is 0 Å². The third-order valence-electron chi connectivity index (χ3n) is 1.74. The topological polar surface area (TPSA) is 30.8 Å². The van der Waals surface area contributed by atoms with Crippen LogP contribution in [-0.2, 0) is 11.4 Å². The molecule has 0 aromatic heterocycles. The lowest BCUT2D eigenvalue weighted by molar-refractivity contribution is 0.129. The molecular formula is C11H15NO2. The fourth-order valence-corrected chi connectivity index (χ4v) is 1.06. The summed E-state index contributed by atoms with van der Waals surface area (Å²) in [6.07, 6.45) is 2.61. The van der Waals surface area contributed by atoms with E-state index >= 15 is 0 Å². The van der Waals surface area contributed by atoms with E-state index < -0.39 is 0 Å². The maximum Gasteiger partial charge on any atom is 0.145 e. The van der Waals surface area contributed by atoms with Crippen molar-refractivity contribution in [2.45, 2.75) is 20.0 Å². The Labute approximate surface area is 84.3 Å². The summed E-state index contributed by atoms with van der Waals surface area (Å²) in [7, 11) is 1.65. The third-order valence-corrected chi connectivity index (χ3v) is 1.74. The normalized spacial score (nSPS) is 10.4. The summed E-state index contributed by atoms with van der Waals surface area (Å²) >= 11 is 0. The van der Waals surface area contributed by atoms with Crippen molar-refractivity contribution >= 4 is 6.21 Å². The van der Waals surface area contributed by atoms with E-state index in [-0.39, 0.29) is 0 Å². The highest BCUT2D eigenvalue weighted by Crippen LogP contribution is 2.17. The predicted molar refractivity (Wildman–Crippen MR) is 56.6 cm³/mol. The zero-order valence-corrected chi connectivity index (χ0v) is 8.56. The first-order valence-corrected chi connectivity index (χ1v) is 4.64. The number of benzene rings is 1. The van der Waals surface area contributed by atoms with Crippen molar-refractivity contribution in [3.05, 3.63) is 29.8 Å². The predicted octanol–water partition coefficient (Wildman–Crippen LogP) is 2.61. The van der Waals surface area contributed by atoms with Crippen molar-refractivity contribution in [3.63, 3.8) is 0 Å². The molecule has 0 atom stereocenters. The van der Waals surface area contributed by atoms with Gasteiger partial charge in [0, 0.05) is 11.8 Å². The number of hydrogen-bond donors (Lipinski definition) is 0. The molecule has 3 nitrogen and oxygen atoms in total. The number of hydrogen-bond acceptors (Lipinski definition) is 3. The van der Waals surface area contributed by atoms with Crippen molar-refractivity contribution in [2.24, 2.45) is 5.16 Å². The molecule has 0 radical (unpaired) electrons. The van der Waals surface area contributed by atoms with Crippen LogP contribution in [0.1, 0.15) is 18.9 Å². The van der Waals surface area contributed by atoms with Crippen LogP contribution >= 0.6 is 0 Å². The van der Waals surface area contributed by atoms with E-state index in [0.717, 1.165) is 17.7 Å². The average Bonchev–Trinajstić information content (AvgIpc) is 2.25. The molecule has 0 saturated heterocycles. The smallest absolute Gasteiger partial charge is 0.145 e. The fourth-order valence-electron chi connectivity index (χ4n) is 1.06. The molecule has 0 amide bonds. The number of oxime groups is 1. The molecule has 0 fully saturated rings. The van der Waals surface area contributed by atoms with Crippen LogP contribution < -0.4 is 4.74 Å². The number of nitrogens with zero attached hydrogens (tertiary/aromatic N) is 1. The minimum absolute atomic E-state index is 0.445. The Morgan fingerprint density at radius 3 is 2.86 bits per heavy atom. The van der Waals surface area contributed by atoms with Gasteiger partial charge in [-0.1, -0.05) is 30.3 Å². The monoisotopic (exact) mass is 193 g/mol. The molecule has 0 saturated carbocycles. The molecule has 0 spiro atoms. The lowest BCUT2D eigenvalue weighted by Crippen LogP contribution is -1.92. The van der Waals surface area contributed by atoms with E-state index in [4.69, 9.17) is 9.57 Å². The van der Waals surface area contributed by atoms with Gasteiger partial charge in [0.2, 0.25) is 0 Å². The maximum atomic E-state index is 5.17. The summed E-state index contributed by atoms with van der Waals surface area (Å²) in [6, 6.07) is 7.74. The van der Waals surface area contributed by atoms with Gasteiger partial charge in [-0.2, -0.15) is 0 Å². The van der Waals surface area contributed by atoms with Crippen molar-refractivity contribution in [1.82, 2.24) is 0 Å². The van der Waals surface area contributed by atoms with Gasteiger partial charge in [0.15, 0.2) is 0 Å². The van der Waals surface area contributed by atoms with Gasteiger partial charge in [-0.05, 0) is 12.5 Å². The molecule has 76 valence electrons. The fraction of sp³-hybridized carbons (Fsp3) is 0.364. The second kappa shape index (κ2) is 6.02. The van der Waals surface area contributed by atoms with E-state index in [1.165, 1.54) is 0 Å². The average molecular weight is 193 g/mol. The molecule has 0 aliphatic rings. The van der Waals surface area contributed by atoms with Gasteiger partial charge < -0.3 is 9.57 Å². The highest BCUT2D eigenvalue weighted by molar-refractivity contribution is 5.55. The maximum absolute atomic E-state index is 5.17. The first-order valence-electron chi connectivity index (χ1n) is 4.64. The summed E-state index contributed by atoms with van der Waals surface area (Å²) in [5, 5.41) is 3.78. The van der Waals surface area contributed by atoms with Crippen LogP contribution in [0.4, 0.5) is 0 Å². The lowest BCUT2D eigenvalue weighted by Gasteiger charge is -2.05. The summed E-state index contributed by atoms with van der Waals surface area (Å²) < 4.78 is 5.17. The zero-order valence-electron chi connectivity index (χ0n) is 8.56. The first-order chi connectivity index (χ1) is 6.88. The van der Waals surface area contributed by atoms with Gasteiger partial charge in [-0.3, -0.25) is 0 Å². The van der Waals surface area contributed by atoms with Crippen LogP contribution in [-0.4, -0.2) is 13.3 Å². The summed E-state index contributed by atoms with van der Waals surface area (Å²) in [5.74, 6) is 0.833. The largest absolute Gasteiger partial charge is 0.496 e. The van der Waals surface area contributed by atoms with Crippen LogP contribution in [0.25, 0.3) is 0 Å². The highest BCUT2D eigenvalue weighted by Gasteiger charge is 2.00. The molecule has 1 aromatic carbocycles. The molecule has 0 N–H and O–H groups in total. The van der Waals surface area contributed by atoms with Crippen LogP contribution in [0.3, 0.4) is 0 Å². The van der Waals surface area contributed by atoms with E-state index in [1.54, 1.807) is 13.3 Å². The molecular weight excluding hydrogens is 178 g/mol. The van der Waals surface area contributed by atoms with E-state index in [2.05, 4.69) is 5.16 Å². The summed E-state index contributed by atoms with van der Waals surface area (Å²) in [5.41, 5.74) is 1.00. The van der Waals surface area contributed by atoms with Crippen LogP contribution in [0.15, 0.2) is 29.4 Å². The second-order valence-corrected chi connectivity index (χ2v) is 2.78. The first kappa shape index (κ1) is 10.6. The molecule has 1 rings (SSSR count). The standard InChI is InChI=1S/C11H15NO2/c1-3-8-12-14-9-10-6-4-5-7-11(10)13-2/h4-8H,3,9H2,1-2H3. The van der Waals surface area contributed by atoms with Crippen molar-refractivity contribution < 1.29 is 9.57 Å². The van der Waals surface area contributed by atoms with E-state index in [1.807, 2.05) is 31.2 Å². The molecule has 14 heavy (non-hydrogen) atoms. The zero-order chi connectivity index (χ0) is 10.2. The van der Waals surface area contributed by atoms with Crippen LogP contribution in [0.2, 0.25) is 0 Å². The van der Waals surface area contributed by atoms with Crippen LogP contribution in [0.5, 0.6) is 5.75 Å². The number of para-hydroxylation sites is 1. The summed E-state index contributed by atoms with van der Waals surface area (Å²) in [6.45, 7) is 2.45. The number of methoxy groups -OCH3 is 1. The number of rotatable bonds is 5. The van der Waals surface area contributed by atoms with Crippen molar-refractivity contribution in [1.29, 1.82) is 0 Å². The van der Waals surface area contributed by atoms with Gasteiger partial charge in [0.25, 0.3) is 0 Å². The van der Waals surface area contributed by atoms with Crippen molar-refractivity contribution in [2.75, 3.05) is 7.11 Å². The van der Waals surface area contributed by atoms with Gasteiger partial charge in [-0.25, -0.2) is 0 Å². The minimum atomic E-state index is 0.445. The summed E-state index contributed by atoms with van der Waals surface area (Å²) in [4.78, 5) is 5.09. The third kappa shape index (κ3) is 3.09. The lowest BCUT2D eigenvalue weighted by atomic mass is 10.2. The van der Waals surface area contributed by atoms with Gasteiger partial charge in [0.05, 0.1) is 7.11 Å². The second-order valence-electron chi connectivity index (χ2n) is 2.78. The molecule has 3 heteroatoms. The Hall–Kier alpha value is -1.51. The molecule has 1 aromatic rings. The quantitative estimate of drug-likeness (QED) is 0.531. The van der Waals surface area contributed by atoms with Gasteiger partial charge in [-0.15, -0.1) is 0 Å². The number of ether oxygens (including phenoxy) is 1. The Morgan fingerprint density at radius 1 is 1.36 bits per heavy atom. The minimum Gasteiger partial charge on any atom is -0.496 e. The van der Waals surface area contributed by atoms with E-state index in [9.17, 15) is 0 Å². The highest BCUT2D eigenvalue weighted by atomic mass is 16.6. The van der Waals surface area contributed by atoms with E-state index in [0.29, 0.717) is 6.61 Å².